The number of rotatable bonds is 49. The number of carbonyl (C=O) groups is 9. The van der Waals surface area contributed by atoms with Crippen molar-refractivity contribution in [3.8, 4) is 11.5 Å². The number of amides is 4. The maximum absolute atomic E-state index is 12.0. The molecule has 0 radical (unpaired) electrons. The van der Waals surface area contributed by atoms with Gasteiger partial charge in [0.05, 0.1) is 84.2 Å². The van der Waals surface area contributed by atoms with E-state index in [0.717, 1.165) is 43.9 Å². The van der Waals surface area contributed by atoms with Crippen molar-refractivity contribution >= 4 is 78.5 Å². The van der Waals surface area contributed by atoms with Gasteiger partial charge in [-0.25, -0.2) is 0 Å². The number of thiol groups is 2. The molecule has 0 fully saturated rings. The Kier molecular flexibility index (Phi) is 85.1. The zero-order valence-corrected chi connectivity index (χ0v) is 71.0. The van der Waals surface area contributed by atoms with Crippen molar-refractivity contribution in [2.45, 2.75) is 149 Å². The van der Waals surface area contributed by atoms with Gasteiger partial charge >= 0.3 is 17.9 Å². The van der Waals surface area contributed by atoms with E-state index in [1.54, 1.807) is 33.7 Å². The second-order valence-electron chi connectivity index (χ2n) is 24.1. The summed E-state index contributed by atoms with van der Waals surface area (Å²) < 4.78 is 47.2. The van der Waals surface area contributed by atoms with E-state index in [4.69, 9.17) is 81.2 Å². The number of likely N-dealkylation sites (N-methyl/N-ethyl adjacent to an activating group) is 6. The summed E-state index contributed by atoms with van der Waals surface area (Å²) in [5.74, 6) is -0.371. The maximum Gasteiger partial charge on any atom is 0.323 e. The van der Waals surface area contributed by atoms with Crippen LogP contribution in [0.15, 0.2) is 78.9 Å². The molecule has 0 saturated carbocycles. The maximum atomic E-state index is 12.0. The lowest BCUT2D eigenvalue weighted by Crippen LogP contribution is -2.41. The number of nitrogens with two attached hydrogens (primary N) is 6. The highest BCUT2D eigenvalue weighted by Gasteiger charge is 2.23. The van der Waals surface area contributed by atoms with Gasteiger partial charge in [-0.15, -0.1) is 0 Å². The number of hydrogen-bond donors (Lipinski definition) is 16. The largest absolute Gasteiger partial charge is 0.486 e. The smallest absolute Gasteiger partial charge is 0.323 e. The van der Waals surface area contributed by atoms with Gasteiger partial charge in [0.15, 0.2) is 12.4 Å². The number of hydrogen-bond acceptors (Lipinski definition) is 29. The van der Waals surface area contributed by atoms with Crippen molar-refractivity contribution in [3.05, 3.63) is 95.6 Å². The molecule has 0 heterocycles. The van der Waals surface area contributed by atoms with E-state index in [2.05, 4.69) is 82.1 Å². The fourth-order valence-electron chi connectivity index (χ4n) is 8.39. The molecule has 0 aromatic heterocycles. The third kappa shape index (κ3) is 71.6. The molecule has 0 unspecified atom stereocenters. The minimum Gasteiger partial charge on any atom is -0.486 e. The molecule has 0 aliphatic carbocycles. The molecule has 4 amide bonds. The number of carbonyl (C=O) groups excluding carboxylic acids is 8. The van der Waals surface area contributed by atoms with Crippen LogP contribution in [-0.4, -0.2) is 262 Å². The number of nitrogens with one attached hydrogen (secondary N) is 7. The molecular formula is C77H143N13O19S2. The molecule has 32 nitrogen and oxygen atoms in total. The second kappa shape index (κ2) is 82.3. The topological polar surface area (TPSA) is 497 Å². The molecule has 111 heavy (non-hydrogen) atoms. The van der Waals surface area contributed by atoms with Gasteiger partial charge in [0.2, 0.25) is 17.7 Å². The summed E-state index contributed by atoms with van der Waals surface area (Å²) in [5, 5.41) is 26.3. The molecule has 0 aliphatic heterocycles. The monoisotopic (exact) mass is 1620 g/mol. The third-order valence-corrected chi connectivity index (χ3v) is 14.4. The Hall–Kier alpha value is -7.13. The van der Waals surface area contributed by atoms with Crippen molar-refractivity contribution in [1.82, 2.24) is 37.2 Å². The number of carboxylic acids is 1. The summed E-state index contributed by atoms with van der Waals surface area (Å²) in [4.78, 5) is 101. The van der Waals surface area contributed by atoms with Crippen LogP contribution in [0.25, 0.3) is 0 Å². The van der Waals surface area contributed by atoms with Crippen molar-refractivity contribution in [3.63, 3.8) is 0 Å². The first kappa shape index (κ1) is 115. The van der Waals surface area contributed by atoms with E-state index < -0.39 is 30.1 Å². The van der Waals surface area contributed by atoms with Gasteiger partial charge in [-0.3, -0.25) is 43.2 Å². The van der Waals surface area contributed by atoms with Crippen LogP contribution >= 0.6 is 25.3 Å². The molecule has 20 N–H and O–H groups in total. The van der Waals surface area contributed by atoms with Crippen LogP contribution in [0.1, 0.15) is 110 Å². The summed E-state index contributed by atoms with van der Waals surface area (Å²) in [5.41, 5.74) is 35.4. The Morgan fingerprint density at radius 3 is 1.11 bits per heavy atom. The van der Waals surface area contributed by atoms with Gasteiger partial charge in [-0.2, -0.15) is 25.3 Å². The lowest BCUT2D eigenvalue weighted by Gasteiger charge is -2.17. The summed E-state index contributed by atoms with van der Waals surface area (Å²) in [7, 11) is 11.2. The number of esters is 3. The normalized spacial score (nSPS) is 11.7. The number of ether oxygens (including phenoxy) is 9. The van der Waals surface area contributed by atoms with E-state index in [9.17, 15) is 38.4 Å². The van der Waals surface area contributed by atoms with E-state index in [-0.39, 0.29) is 92.4 Å². The molecule has 642 valence electrons. The van der Waals surface area contributed by atoms with Crippen LogP contribution < -0.4 is 81.1 Å². The summed E-state index contributed by atoms with van der Waals surface area (Å²) >= 11 is 7.06. The molecule has 3 aromatic rings. The number of aliphatic carboxylic acids is 1. The Morgan fingerprint density at radius 1 is 0.450 bits per heavy atom. The lowest BCUT2D eigenvalue weighted by atomic mass is 10.0. The summed E-state index contributed by atoms with van der Waals surface area (Å²) in [6, 6.07) is 22.3. The Bertz CT molecular complexity index is 2610. The Labute approximate surface area is 673 Å². The van der Waals surface area contributed by atoms with Gasteiger partial charge in [0, 0.05) is 80.0 Å². The highest BCUT2D eigenvalue weighted by atomic mass is 32.1. The molecule has 0 aliphatic rings. The van der Waals surface area contributed by atoms with Crippen LogP contribution in [0.5, 0.6) is 11.5 Å². The van der Waals surface area contributed by atoms with Crippen LogP contribution in [0.3, 0.4) is 0 Å². The van der Waals surface area contributed by atoms with Gasteiger partial charge in [-0.1, -0.05) is 96.1 Å². The van der Waals surface area contributed by atoms with Crippen molar-refractivity contribution < 1.29 is 90.9 Å². The van der Waals surface area contributed by atoms with E-state index >= 15 is 0 Å². The summed E-state index contributed by atoms with van der Waals surface area (Å²) in [6.45, 7) is 19.7. The third-order valence-electron chi connectivity index (χ3n) is 14.4. The molecule has 3 rings (SSSR count). The predicted molar refractivity (Wildman–Crippen MR) is 445 cm³/mol. The Morgan fingerprint density at radius 2 is 0.784 bits per heavy atom. The lowest BCUT2D eigenvalue weighted by molar-refractivity contribution is -0.147. The quantitative estimate of drug-likeness (QED) is 0.0167. The number of ketones is 1. The van der Waals surface area contributed by atoms with Gasteiger partial charge in [-0.05, 0) is 132 Å². The zero-order valence-electron chi connectivity index (χ0n) is 69.2. The average Bonchev–Trinajstić information content (AvgIpc) is 0.921. The number of carboxylic acid groups (broad SMARTS) is 1. The Balaban J connectivity index is -0.000000302. The molecule has 0 bridgehead atoms. The van der Waals surface area contributed by atoms with E-state index in [1.807, 2.05) is 107 Å². The molecule has 34 heteroatoms. The zero-order chi connectivity index (χ0) is 85.6. The molecule has 0 spiro atoms. The van der Waals surface area contributed by atoms with Crippen LogP contribution in [-0.2, 0) is 95.6 Å². The van der Waals surface area contributed by atoms with E-state index in [0.29, 0.717) is 129 Å². The first-order valence-electron chi connectivity index (χ1n) is 37.2. The predicted octanol–water partition coefficient (Wildman–Crippen LogP) is 2.54. The number of Topliss-reactive ketones (excluding diaryl/α,β-unsaturated/α-hetero) is 1. The number of aryl methyl sites for hydroxylation is 2. The summed E-state index contributed by atoms with van der Waals surface area (Å²) in [6.07, 6.45) is 9.48. The van der Waals surface area contributed by atoms with Crippen LogP contribution in [0, 0.1) is 11.8 Å². The molecular weight excluding hydrogens is 1480 g/mol. The SMILES string of the molecule is CC(=O)O.CCc1ccc(OCC(=O)CCCOCCOCCN)cc1.CCc1ccc(OCC(=O)NCCOCCOCCN)cc1.CN.CNC(=O)[C@@H](N)CCOC(=O)[C@H](CC(C)C)NC.CNC(=O)[C@@H](N)CCOC(=O)[C@H](CC(C)C)NC.CNC(=O)[C@@H](N)CCOC(=O)[C@H](Cc1ccccc1)NC.CS.CS. The fraction of sp³-hybridized carbons (Fsp3) is 0.649. The fourth-order valence-corrected chi connectivity index (χ4v) is 8.39. The first-order chi connectivity index (χ1) is 53.2. The highest BCUT2D eigenvalue weighted by molar-refractivity contribution is 7.79. The van der Waals surface area contributed by atoms with Gasteiger partial charge in [0.25, 0.3) is 11.9 Å². The highest BCUT2D eigenvalue weighted by Crippen LogP contribution is 2.15. The minimum atomic E-state index is -0.833. The standard InChI is InChI=1S/C17H27NO4.C16H26N2O4.C15H23N3O3.2C12H25N3O3.C2H4O2.CH5N.2CH4S/c1-2-15-5-7-17(8-6-15)22-14-16(19)4-3-10-20-12-13-21-11-9-18;1-2-14-3-5-15(6-4-14)22-13-16(19)18-8-10-21-12-11-20-9-7-17;1-17-13(10-11-6-4-3-5-7-11)15(20)21-9-8-12(16)14(19)18-2;2*1-8(2)7-10(14-3)12(17)18-6-5-9(13)11(16)15-4;1-2(3)4;3*1-2/h5-8H,2-4,9-14,18H2,1H3;3-6H,2,7-13,17H2,1H3,(H,18,19);3-7,12-13,17H,8-10,16H2,1-2H3,(H,18,19);2*8-10,14H,5-7,13H2,1-4H3,(H,15,16);1H3,(H,3,4);2H2,1H3;2*2H,1H3/t;;12-,13-;2*9-,10-;;;;/m..000..../s1. The van der Waals surface area contributed by atoms with Crippen molar-refractivity contribution in [2.24, 2.45) is 46.2 Å². The van der Waals surface area contributed by atoms with Gasteiger partial charge < -0.3 is 119 Å². The van der Waals surface area contributed by atoms with Gasteiger partial charge in [0.1, 0.15) is 36.2 Å². The molecule has 3 aromatic carbocycles. The first-order valence-corrected chi connectivity index (χ1v) is 39.0. The molecule has 0 saturated heterocycles. The van der Waals surface area contributed by atoms with Crippen LogP contribution in [0.2, 0.25) is 0 Å². The van der Waals surface area contributed by atoms with Crippen molar-refractivity contribution in [1.29, 1.82) is 0 Å². The van der Waals surface area contributed by atoms with Crippen molar-refractivity contribution in [2.75, 3.05) is 167 Å². The average molecular weight is 1620 g/mol. The molecule has 6 atom stereocenters. The second-order valence-corrected chi connectivity index (χ2v) is 24.1. The minimum absolute atomic E-state index is 0.00504. The van der Waals surface area contributed by atoms with Crippen LogP contribution in [0.4, 0.5) is 0 Å². The van der Waals surface area contributed by atoms with E-state index in [1.165, 1.54) is 39.3 Å². The number of benzene rings is 3.